The molecule has 2 aliphatic rings. The maximum absolute atomic E-state index is 12.9. The minimum absolute atomic E-state index is 0.0256. The normalized spacial score (nSPS) is 20.4. The molecule has 2 aliphatic heterocycles. The number of carboxylic acid groups (broad SMARTS) is 1. The van der Waals surface area contributed by atoms with Gasteiger partial charge in [-0.1, -0.05) is 18.2 Å². The van der Waals surface area contributed by atoms with Crippen molar-refractivity contribution in [2.45, 2.75) is 25.4 Å². The SMILES string of the molecule is CN(C)CC1CC2(CCN(C(=O)c3cc4ccccc4s3)CC2)C(=O)O1.O=CO. The minimum Gasteiger partial charge on any atom is -0.483 e. The molecule has 2 fully saturated rings. The number of carbonyl (C=O) groups excluding carboxylic acids is 2. The summed E-state index contributed by atoms with van der Waals surface area (Å²) in [6, 6.07) is 10.0. The fourth-order valence-corrected chi connectivity index (χ4v) is 5.17. The first-order valence-corrected chi connectivity index (χ1v) is 10.4. The van der Waals surface area contributed by atoms with Crippen molar-refractivity contribution in [3.8, 4) is 0 Å². The van der Waals surface area contributed by atoms with Gasteiger partial charge in [0.1, 0.15) is 6.10 Å². The number of carbonyl (C=O) groups is 3. The molecule has 7 nitrogen and oxygen atoms in total. The third-order valence-corrected chi connectivity index (χ3v) is 6.64. The molecule has 8 heteroatoms. The molecule has 1 unspecified atom stereocenters. The fraction of sp³-hybridized carbons (Fsp3) is 0.476. The first kappa shape index (κ1) is 21.3. The first-order chi connectivity index (χ1) is 13.9. The van der Waals surface area contributed by atoms with Crippen LogP contribution >= 0.6 is 11.3 Å². The van der Waals surface area contributed by atoms with E-state index in [1.807, 2.05) is 49.3 Å². The van der Waals surface area contributed by atoms with Crippen molar-refractivity contribution < 1.29 is 24.2 Å². The summed E-state index contributed by atoms with van der Waals surface area (Å²) >= 11 is 1.54. The van der Waals surface area contributed by atoms with Crippen LogP contribution in [0.4, 0.5) is 0 Å². The van der Waals surface area contributed by atoms with Gasteiger partial charge in [-0.15, -0.1) is 11.3 Å². The Hall–Kier alpha value is -2.45. The Morgan fingerprint density at radius 3 is 2.62 bits per heavy atom. The first-order valence-electron chi connectivity index (χ1n) is 9.60. The van der Waals surface area contributed by atoms with Crippen LogP contribution in [0.5, 0.6) is 0 Å². The van der Waals surface area contributed by atoms with Gasteiger partial charge in [-0.25, -0.2) is 0 Å². The molecule has 1 amide bonds. The van der Waals surface area contributed by atoms with E-state index in [1.165, 1.54) is 0 Å². The number of esters is 1. The highest BCUT2D eigenvalue weighted by Crippen LogP contribution is 2.43. The summed E-state index contributed by atoms with van der Waals surface area (Å²) in [6.07, 6.45) is 2.15. The molecule has 0 radical (unpaired) electrons. The zero-order chi connectivity index (χ0) is 21.0. The summed E-state index contributed by atoms with van der Waals surface area (Å²) in [5.74, 6) is 0.00978. The average Bonchev–Trinajstić information content (AvgIpc) is 3.23. The average molecular weight is 419 g/mol. The number of benzene rings is 1. The predicted octanol–water partition coefficient (Wildman–Crippen LogP) is 2.70. The van der Waals surface area contributed by atoms with Crippen LogP contribution in [-0.2, 0) is 14.3 Å². The van der Waals surface area contributed by atoms with E-state index in [1.54, 1.807) is 11.3 Å². The molecule has 1 aromatic heterocycles. The molecule has 156 valence electrons. The van der Waals surface area contributed by atoms with Gasteiger partial charge in [0.25, 0.3) is 12.4 Å². The smallest absolute Gasteiger partial charge is 0.312 e. The maximum Gasteiger partial charge on any atom is 0.312 e. The standard InChI is InChI=1S/C20H24N2O3S.CH2O2/c1-21(2)13-15-12-20(19(24)25-15)7-9-22(10-8-20)18(23)17-11-14-5-3-4-6-16(14)26-17;2-1-3/h3-6,11,15H,7-10,12-13H2,1-2H3;1H,(H,2,3). The van der Waals surface area contributed by atoms with Gasteiger partial charge in [-0.05, 0) is 44.5 Å². The van der Waals surface area contributed by atoms with Gasteiger partial charge >= 0.3 is 5.97 Å². The zero-order valence-electron chi connectivity index (χ0n) is 16.7. The summed E-state index contributed by atoms with van der Waals surface area (Å²) in [6.45, 7) is 1.76. The maximum atomic E-state index is 12.9. The van der Waals surface area contributed by atoms with Crippen molar-refractivity contribution in [1.29, 1.82) is 0 Å². The number of likely N-dealkylation sites (tertiary alicyclic amines) is 1. The van der Waals surface area contributed by atoms with Gasteiger partial charge in [0.2, 0.25) is 0 Å². The van der Waals surface area contributed by atoms with Gasteiger partial charge in [0.15, 0.2) is 0 Å². The second kappa shape index (κ2) is 8.92. The second-order valence-electron chi connectivity index (χ2n) is 7.82. The number of rotatable bonds is 3. The number of likely N-dealkylation sites (N-methyl/N-ethyl adjacent to an activating group) is 1. The topological polar surface area (TPSA) is 87.2 Å². The quantitative estimate of drug-likeness (QED) is 0.609. The van der Waals surface area contributed by atoms with Crippen LogP contribution in [-0.4, -0.2) is 73.1 Å². The molecule has 1 N–H and O–H groups in total. The third-order valence-electron chi connectivity index (χ3n) is 5.54. The molecule has 0 saturated carbocycles. The summed E-state index contributed by atoms with van der Waals surface area (Å²) < 4.78 is 6.74. The molecule has 1 spiro atoms. The van der Waals surface area contributed by atoms with E-state index in [0.717, 1.165) is 27.9 Å². The molecule has 3 heterocycles. The van der Waals surface area contributed by atoms with Crippen LogP contribution in [0.1, 0.15) is 28.9 Å². The van der Waals surface area contributed by atoms with Crippen molar-refractivity contribution in [3.63, 3.8) is 0 Å². The molecule has 1 atom stereocenters. The number of cyclic esters (lactones) is 1. The van der Waals surface area contributed by atoms with Crippen molar-refractivity contribution in [2.24, 2.45) is 5.41 Å². The van der Waals surface area contributed by atoms with Gasteiger partial charge in [0, 0.05) is 30.8 Å². The number of ether oxygens (including phenoxy) is 1. The Labute approximate surface area is 173 Å². The molecular formula is C21H26N2O5S. The minimum atomic E-state index is -0.391. The van der Waals surface area contributed by atoms with Crippen LogP contribution < -0.4 is 0 Å². The number of amides is 1. The van der Waals surface area contributed by atoms with Crippen LogP contribution in [0.15, 0.2) is 30.3 Å². The van der Waals surface area contributed by atoms with Gasteiger partial charge in [-0.3, -0.25) is 14.4 Å². The van der Waals surface area contributed by atoms with Crippen LogP contribution in [0, 0.1) is 5.41 Å². The Morgan fingerprint density at radius 1 is 1.34 bits per heavy atom. The van der Waals surface area contributed by atoms with Crippen molar-refractivity contribution >= 4 is 39.8 Å². The summed E-state index contributed by atoms with van der Waals surface area (Å²) in [5, 5.41) is 8.00. The summed E-state index contributed by atoms with van der Waals surface area (Å²) in [5.41, 5.74) is -0.391. The second-order valence-corrected chi connectivity index (χ2v) is 8.90. The van der Waals surface area contributed by atoms with Gasteiger partial charge < -0.3 is 19.6 Å². The molecule has 2 aromatic rings. The lowest BCUT2D eigenvalue weighted by atomic mass is 9.76. The van der Waals surface area contributed by atoms with Crippen LogP contribution in [0.3, 0.4) is 0 Å². The van der Waals surface area contributed by atoms with E-state index >= 15 is 0 Å². The highest BCUT2D eigenvalue weighted by atomic mass is 32.1. The lowest BCUT2D eigenvalue weighted by Gasteiger charge is -2.36. The Balaban J connectivity index is 0.000000755. The number of nitrogens with zero attached hydrogens (tertiary/aromatic N) is 2. The monoisotopic (exact) mass is 418 g/mol. The van der Waals surface area contributed by atoms with E-state index < -0.39 is 5.41 Å². The number of fused-ring (bicyclic) bond motifs is 1. The number of hydrogen-bond acceptors (Lipinski definition) is 6. The lowest BCUT2D eigenvalue weighted by Crippen LogP contribution is -2.45. The number of thiophene rings is 1. The zero-order valence-corrected chi connectivity index (χ0v) is 17.5. The van der Waals surface area contributed by atoms with E-state index in [2.05, 4.69) is 4.90 Å². The lowest BCUT2D eigenvalue weighted by molar-refractivity contribution is -0.150. The number of piperidine rings is 1. The molecular weight excluding hydrogens is 392 g/mol. The Kier molecular flexibility index (Phi) is 6.54. The van der Waals surface area contributed by atoms with Crippen molar-refractivity contribution in [2.75, 3.05) is 33.7 Å². The Bertz CT molecular complexity index is 853. The molecule has 0 aliphatic carbocycles. The van der Waals surface area contributed by atoms with Crippen molar-refractivity contribution in [3.05, 3.63) is 35.2 Å². The summed E-state index contributed by atoms with van der Waals surface area (Å²) in [7, 11) is 3.98. The van der Waals surface area contributed by atoms with Crippen LogP contribution in [0.2, 0.25) is 0 Å². The molecule has 4 rings (SSSR count). The van der Waals surface area contributed by atoms with Crippen LogP contribution in [0.25, 0.3) is 10.1 Å². The molecule has 29 heavy (non-hydrogen) atoms. The van der Waals surface area contributed by atoms with Crippen molar-refractivity contribution in [1.82, 2.24) is 9.80 Å². The van der Waals surface area contributed by atoms with E-state index in [9.17, 15) is 9.59 Å². The van der Waals surface area contributed by atoms with Gasteiger partial charge in [-0.2, -0.15) is 0 Å². The van der Waals surface area contributed by atoms with E-state index in [4.69, 9.17) is 14.6 Å². The molecule has 2 saturated heterocycles. The van der Waals surface area contributed by atoms with E-state index in [0.29, 0.717) is 25.9 Å². The largest absolute Gasteiger partial charge is 0.483 e. The Morgan fingerprint density at radius 2 is 2.00 bits per heavy atom. The van der Waals surface area contributed by atoms with Gasteiger partial charge in [0.05, 0.1) is 10.3 Å². The number of hydrogen-bond donors (Lipinski definition) is 1. The van der Waals surface area contributed by atoms with E-state index in [-0.39, 0.29) is 24.5 Å². The molecule has 0 bridgehead atoms. The predicted molar refractivity (Wildman–Crippen MR) is 111 cm³/mol. The highest BCUT2D eigenvalue weighted by molar-refractivity contribution is 7.20. The fourth-order valence-electron chi connectivity index (χ4n) is 4.14. The highest BCUT2D eigenvalue weighted by Gasteiger charge is 2.50. The third kappa shape index (κ3) is 4.59. The molecule has 1 aromatic carbocycles. The summed E-state index contributed by atoms with van der Waals surface area (Å²) in [4.78, 5) is 38.4.